The average Bonchev–Trinajstić information content (AvgIpc) is 3.29. The Morgan fingerprint density at radius 1 is 0.515 bits per heavy atom. The van der Waals surface area contributed by atoms with Crippen LogP contribution in [0, 0.1) is 0 Å². The molecule has 8 atom stereocenters. The summed E-state index contributed by atoms with van der Waals surface area (Å²) in [5.41, 5.74) is 0. The van der Waals surface area contributed by atoms with Crippen molar-refractivity contribution in [3.8, 4) is 0 Å². The molecule has 0 aromatic rings. The molecule has 1 aliphatic carbocycles. The molecule has 1 saturated carbocycles. The van der Waals surface area contributed by atoms with Gasteiger partial charge in [-0.1, -0.05) is 138 Å². The minimum Gasteiger partial charge on any atom is -0.462 e. The zero-order valence-corrected chi connectivity index (χ0v) is 41.8. The monoisotopic (exact) mass is 1000 g/mol. The molecule has 0 bridgehead atoms. The van der Waals surface area contributed by atoms with E-state index in [9.17, 15) is 58.6 Å². The number of phosphoric ester groups is 2. The van der Waals surface area contributed by atoms with Crippen LogP contribution < -0.4 is 0 Å². The van der Waals surface area contributed by atoms with Gasteiger partial charge in [0.15, 0.2) is 11.9 Å². The van der Waals surface area contributed by atoms with E-state index < -0.39 is 83.5 Å². The van der Waals surface area contributed by atoms with Crippen LogP contribution in [0.1, 0.15) is 149 Å². The molecule has 0 heterocycles. The van der Waals surface area contributed by atoms with Crippen molar-refractivity contribution >= 4 is 33.4 Å². The summed E-state index contributed by atoms with van der Waals surface area (Å²) in [4.78, 5) is 66.6. The first-order valence-corrected chi connectivity index (χ1v) is 27.1. The number of ketones is 1. The maximum Gasteiger partial charge on any atom is 0.472 e. The Morgan fingerprint density at radius 3 is 1.59 bits per heavy atom. The summed E-state index contributed by atoms with van der Waals surface area (Å²) in [7, 11) is -10.8. The first kappa shape index (κ1) is 62.9. The maximum absolute atomic E-state index is 13.0. The molecule has 0 radical (unpaired) electrons. The van der Waals surface area contributed by atoms with Gasteiger partial charge in [0.2, 0.25) is 0 Å². The number of rotatable bonds is 39. The van der Waals surface area contributed by atoms with Gasteiger partial charge in [-0.2, -0.15) is 0 Å². The van der Waals surface area contributed by atoms with Gasteiger partial charge >= 0.3 is 27.6 Å². The predicted octanol–water partition coefficient (Wildman–Crippen LogP) is 8.57. The summed E-state index contributed by atoms with van der Waals surface area (Å²) in [6.45, 7) is 2.81. The van der Waals surface area contributed by atoms with Crippen LogP contribution in [0.15, 0.2) is 85.1 Å². The molecule has 5 unspecified atom stereocenters. The topological polar surface area (TPSA) is 273 Å². The molecule has 0 spiro atoms. The summed E-state index contributed by atoms with van der Waals surface area (Å²) in [6, 6.07) is 0. The lowest BCUT2D eigenvalue weighted by atomic mass is 9.85. The molecule has 0 aliphatic heterocycles. The molecule has 19 heteroatoms. The average molecular weight is 1000 g/mol. The first-order valence-electron chi connectivity index (χ1n) is 24.1. The smallest absolute Gasteiger partial charge is 0.462 e. The number of ether oxygens (including phenoxy) is 2. The number of aliphatic hydroxyl groups excluding tert-OH is 4. The molecule has 1 rings (SSSR count). The number of phosphoric acid groups is 2. The van der Waals surface area contributed by atoms with Crippen molar-refractivity contribution < 1.29 is 81.7 Å². The number of carbonyl (C=O) groups is 3. The fraction of sp³-hybridized carbons (Fsp3) is 0.653. The fourth-order valence-electron chi connectivity index (χ4n) is 6.64. The number of unbranched alkanes of at least 4 members (excludes halogenated alkanes) is 10. The molecule has 68 heavy (non-hydrogen) atoms. The van der Waals surface area contributed by atoms with Crippen molar-refractivity contribution in [2.75, 3.05) is 13.2 Å². The van der Waals surface area contributed by atoms with E-state index in [2.05, 4.69) is 60.9 Å². The van der Waals surface area contributed by atoms with Crippen LogP contribution >= 0.6 is 15.6 Å². The summed E-state index contributed by atoms with van der Waals surface area (Å²) >= 11 is 0. The van der Waals surface area contributed by atoms with Crippen molar-refractivity contribution in [1.82, 2.24) is 0 Å². The predicted molar refractivity (Wildman–Crippen MR) is 260 cm³/mol. The lowest BCUT2D eigenvalue weighted by Gasteiger charge is -2.43. The van der Waals surface area contributed by atoms with Gasteiger partial charge in [-0.25, -0.2) is 9.13 Å². The third-order valence-electron chi connectivity index (χ3n) is 10.4. The second-order valence-electron chi connectivity index (χ2n) is 16.5. The first-order chi connectivity index (χ1) is 32.5. The van der Waals surface area contributed by atoms with Gasteiger partial charge in [0.05, 0.1) is 6.61 Å². The zero-order chi connectivity index (χ0) is 50.5. The highest BCUT2D eigenvalue weighted by atomic mass is 31.2. The number of allylic oxidation sites excluding steroid dienone is 14. The Kier molecular flexibility index (Phi) is 35.7. The van der Waals surface area contributed by atoms with E-state index in [0.29, 0.717) is 25.7 Å². The molecule has 0 aromatic carbocycles. The Morgan fingerprint density at radius 2 is 1.00 bits per heavy atom. The molecular formula is C49H80O17P2. The lowest BCUT2D eigenvalue weighted by molar-refractivity contribution is -0.216. The fourth-order valence-corrected chi connectivity index (χ4v) is 8.18. The Bertz CT molecular complexity index is 1700. The summed E-state index contributed by atoms with van der Waals surface area (Å²) in [6.07, 6.45) is 29.8. The number of esters is 2. The van der Waals surface area contributed by atoms with Crippen molar-refractivity contribution in [2.24, 2.45) is 0 Å². The molecule has 0 aromatic heterocycles. The number of hydrogen-bond donors (Lipinski definition) is 7. The van der Waals surface area contributed by atoms with E-state index in [1.54, 1.807) is 12.2 Å². The summed E-state index contributed by atoms with van der Waals surface area (Å²) in [5.74, 6) is -1.74. The van der Waals surface area contributed by atoms with E-state index >= 15 is 0 Å². The molecule has 388 valence electrons. The third kappa shape index (κ3) is 32.6. The highest BCUT2D eigenvalue weighted by Crippen LogP contribution is 2.49. The summed E-state index contributed by atoms with van der Waals surface area (Å²) < 4.78 is 49.1. The van der Waals surface area contributed by atoms with Gasteiger partial charge in [0.25, 0.3) is 0 Å². The second-order valence-corrected chi connectivity index (χ2v) is 19.1. The van der Waals surface area contributed by atoms with Crippen molar-refractivity contribution in [3.05, 3.63) is 85.1 Å². The molecular weight excluding hydrogens is 922 g/mol. The minimum absolute atomic E-state index is 0.0442. The van der Waals surface area contributed by atoms with Crippen LogP contribution in [-0.4, -0.2) is 109 Å². The van der Waals surface area contributed by atoms with Gasteiger partial charge in [0, 0.05) is 19.3 Å². The number of hydrogen-bond acceptors (Lipinski definition) is 14. The Hall–Kier alpha value is -3.15. The highest BCUT2D eigenvalue weighted by molar-refractivity contribution is 7.47. The van der Waals surface area contributed by atoms with Crippen molar-refractivity contribution in [3.63, 3.8) is 0 Å². The molecule has 1 aliphatic rings. The molecule has 0 amide bonds. The van der Waals surface area contributed by atoms with Gasteiger partial charge in [0.1, 0.15) is 43.2 Å². The molecule has 17 nitrogen and oxygen atoms in total. The molecule has 1 fully saturated rings. The minimum atomic E-state index is -5.40. The van der Waals surface area contributed by atoms with Crippen LogP contribution in [0.4, 0.5) is 0 Å². The zero-order valence-electron chi connectivity index (χ0n) is 40.0. The van der Waals surface area contributed by atoms with Crippen LogP contribution in [-0.2, 0) is 46.6 Å². The van der Waals surface area contributed by atoms with Crippen molar-refractivity contribution in [1.29, 1.82) is 0 Å². The lowest BCUT2D eigenvalue weighted by Crippen LogP contribution is -2.64. The van der Waals surface area contributed by atoms with Crippen LogP contribution in [0.25, 0.3) is 0 Å². The Labute approximate surface area is 403 Å². The van der Waals surface area contributed by atoms with Gasteiger partial charge in [-0.05, 0) is 76.7 Å². The summed E-state index contributed by atoms with van der Waals surface area (Å²) in [5, 5.41) is 41.2. The normalized spacial score (nSPS) is 21.9. The van der Waals surface area contributed by atoms with E-state index in [1.807, 2.05) is 24.3 Å². The quantitative estimate of drug-likeness (QED) is 0.00758. The van der Waals surface area contributed by atoms with E-state index in [1.165, 1.54) is 63.9 Å². The second kappa shape index (κ2) is 38.6. The standard InChI is InChI=1S/C49H80O17P2/c1-3-5-7-9-11-13-15-17-18-19-20-22-24-26-28-30-32-36-43(52)64-41(39-63-68(60,61)66-49-46(55)44(53)45(54)48(47(49)56)65-67(57,58)59)38-62-42(51)37-33-35-40(50)34-31-29-27-25-23-21-16-14-12-10-8-6-4-2/h12,14,17-18,20-23,26-29,31,34,41,44-49,53-56H,3-11,13,15-16,19,24-25,30,32-33,35-39H2,1-2H3,(H,60,61)(H2,57,58,59)/b14-12-,18-17-,22-20-,23-21-,28-26-,29-27-,34-31+/t41-,44?,45?,46?,47?,48-,49+/m1/s1. The van der Waals surface area contributed by atoms with E-state index in [0.717, 1.165) is 25.7 Å². The third-order valence-corrected chi connectivity index (χ3v) is 11.9. The highest BCUT2D eigenvalue weighted by Gasteiger charge is 2.54. The van der Waals surface area contributed by atoms with Crippen LogP contribution in [0.3, 0.4) is 0 Å². The number of carbonyl (C=O) groups excluding carboxylic acids is 3. The van der Waals surface area contributed by atoms with Gasteiger partial charge in [-0.3, -0.25) is 28.0 Å². The largest absolute Gasteiger partial charge is 0.472 e. The van der Waals surface area contributed by atoms with Crippen LogP contribution in [0.2, 0.25) is 0 Å². The maximum atomic E-state index is 13.0. The van der Waals surface area contributed by atoms with Crippen molar-refractivity contribution in [2.45, 2.75) is 191 Å². The van der Waals surface area contributed by atoms with E-state index in [4.69, 9.17) is 18.5 Å². The van der Waals surface area contributed by atoms with E-state index in [-0.39, 0.29) is 31.5 Å². The SMILES string of the molecule is CCCCC/C=C\C/C=C\C/C=C\C=C\C(=O)CCCC(=O)OC[C@H](COP(=O)(O)O[C@H]1C(O)C(O)C(O)[C@@H](OP(=O)(O)O)C1O)OC(=O)CCC/C=C\C/C=C\C/C=C\CCCCCCCC. The van der Waals surface area contributed by atoms with Gasteiger partial charge < -0.3 is 44.6 Å². The molecule has 7 N–H and O–H groups in total. The van der Waals surface area contributed by atoms with Gasteiger partial charge in [-0.15, -0.1) is 0 Å². The molecule has 0 saturated heterocycles. The number of aliphatic hydroxyl groups is 4. The Balaban J connectivity index is 2.72. The van der Waals surface area contributed by atoms with Crippen LogP contribution in [0.5, 0.6) is 0 Å².